The predicted molar refractivity (Wildman–Crippen MR) is 156 cm³/mol. The molecule has 2 amide bonds. The highest BCUT2D eigenvalue weighted by Gasteiger charge is 2.52. The predicted octanol–water partition coefficient (Wildman–Crippen LogP) is 5.02. The summed E-state index contributed by atoms with van der Waals surface area (Å²) in [6, 6.07) is 9.60. The van der Waals surface area contributed by atoms with Crippen molar-refractivity contribution < 1.29 is 24.2 Å². The Labute approximate surface area is 244 Å². The molecule has 3 fully saturated rings. The van der Waals surface area contributed by atoms with Crippen LogP contribution in [0.5, 0.6) is 0 Å². The van der Waals surface area contributed by atoms with E-state index in [0.717, 1.165) is 50.5 Å². The van der Waals surface area contributed by atoms with Crippen molar-refractivity contribution in [1.29, 1.82) is 0 Å². The second kappa shape index (κ2) is 12.6. The number of hydrogen-bond donors (Lipinski definition) is 3. The van der Waals surface area contributed by atoms with Gasteiger partial charge in [-0.1, -0.05) is 49.2 Å². The van der Waals surface area contributed by atoms with Crippen molar-refractivity contribution in [1.82, 2.24) is 24.8 Å². The number of carboxylic acids is 1. The van der Waals surface area contributed by atoms with Gasteiger partial charge in [0.05, 0.1) is 24.4 Å². The largest absolute Gasteiger partial charge is 0.481 e. The molecule has 0 bridgehead atoms. The molecule has 2 aromatic heterocycles. The van der Waals surface area contributed by atoms with E-state index in [-0.39, 0.29) is 42.0 Å². The summed E-state index contributed by atoms with van der Waals surface area (Å²) in [6.07, 6.45) is 12.6. The number of urea groups is 1. The van der Waals surface area contributed by atoms with Crippen LogP contribution in [0.25, 0.3) is 17.2 Å². The Morgan fingerprint density at radius 1 is 1.05 bits per heavy atom. The maximum Gasteiger partial charge on any atom is 0.320 e. The average Bonchev–Trinajstić information content (AvgIpc) is 3.70. The highest BCUT2D eigenvalue weighted by Crippen LogP contribution is 2.48. The fourth-order valence-corrected chi connectivity index (χ4v) is 6.97. The summed E-state index contributed by atoms with van der Waals surface area (Å²) in [5.41, 5.74) is 2.19. The van der Waals surface area contributed by atoms with Crippen molar-refractivity contribution in [3.8, 4) is 0 Å². The first-order chi connectivity index (χ1) is 20.5. The lowest BCUT2D eigenvalue weighted by Gasteiger charge is -2.30. The summed E-state index contributed by atoms with van der Waals surface area (Å²) in [4.78, 5) is 37.5. The van der Waals surface area contributed by atoms with Gasteiger partial charge in [-0.25, -0.2) is 19.7 Å². The first kappa shape index (κ1) is 28.3. The molecule has 3 N–H and O–H groups in total. The van der Waals surface area contributed by atoms with Gasteiger partial charge in [0.2, 0.25) is 0 Å². The van der Waals surface area contributed by atoms with Gasteiger partial charge in [-0.15, -0.1) is 0 Å². The molecule has 3 aliphatic rings. The third-order valence-corrected chi connectivity index (χ3v) is 8.96. The number of fused-ring (bicyclic) bond motifs is 2. The van der Waals surface area contributed by atoms with E-state index >= 15 is 0 Å². The standard InChI is InChI=1S/C31H38N6O5/c1-2-32-31(40)36-28-25-29(34-17-33-28)37(18-35-25)23-16-21(14-13-20-10-6-7-11-22(20)30(38)39)26-27(23)42-24(41-26)15-12-19-8-4-3-5-9-19/h3-5,8-9,12,15,17-18,20-24,26-27H,2,6-7,10-11,13-14,16H2,1H3,(H,38,39)(H2,32,33,34,36,40)/b15-12+/t20?,21?,22?,23?,24-,26?,27?/m0/s1. The molecule has 0 radical (unpaired) electrons. The van der Waals surface area contributed by atoms with Crippen LogP contribution >= 0.6 is 0 Å². The molecule has 6 rings (SSSR count). The highest BCUT2D eigenvalue weighted by atomic mass is 16.7. The van der Waals surface area contributed by atoms with Gasteiger partial charge < -0.3 is 24.5 Å². The van der Waals surface area contributed by atoms with Crippen LogP contribution < -0.4 is 10.6 Å². The number of aromatic nitrogens is 4. The van der Waals surface area contributed by atoms with E-state index in [4.69, 9.17) is 9.47 Å². The minimum Gasteiger partial charge on any atom is -0.481 e. The Hall–Kier alpha value is -3.83. The molecule has 3 heterocycles. The summed E-state index contributed by atoms with van der Waals surface area (Å²) < 4.78 is 15.1. The van der Waals surface area contributed by atoms with Crippen molar-refractivity contribution in [2.24, 2.45) is 17.8 Å². The number of aliphatic carboxylic acids is 1. The summed E-state index contributed by atoms with van der Waals surface area (Å²) in [5, 5.41) is 15.3. The average molecular weight is 575 g/mol. The highest BCUT2D eigenvalue weighted by molar-refractivity contribution is 5.95. The van der Waals surface area contributed by atoms with Crippen molar-refractivity contribution >= 4 is 35.1 Å². The zero-order valence-electron chi connectivity index (χ0n) is 23.8. The van der Waals surface area contributed by atoms with Crippen LogP contribution in [0.1, 0.15) is 63.5 Å². The first-order valence-electron chi connectivity index (χ1n) is 15.0. The maximum atomic E-state index is 12.2. The molecule has 1 saturated heterocycles. The van der Waals surface area contributed by atoms with Gasteiger partial charge in [-0.2, -0.15) is 0 Å². The Balaban J connectivity index is 1.25. The second-order valence-electron chi connectivity index (χ2n) is 11.5. The fraction of sp³-hybridized carbons (Fsp3) is 0.516. The van der Waals surface area contributed by atoms with Crippen molar-refractivity contribution in [3.63, 3.8) is 0 Å². The summed E-state index contributed by atoms with van der Waals surface area (Å²) in [5.74, 6) is -0.206. The van der Waals surface area contributed by atoms with Crippen LogP contribution in [0, 0.1) is 17.8 Å². The van der Waals surface area contributed by atoms with Gasteiger partial charge >= 0.3 is 12.0 Å². The van der Waals surface area contributed by atoms with Crippen molar-refractivity contribution in [2.75, 3.05) is 11.9 Å². The topological polar surface area (TPSA) is 140 Å². The van der Waals surface area contributed by atoms with Gasteiger partial charge in [0, 0.05) is 6.54 Å². The quantitative estimate of drug-likeness (QED) is 0.324. The van der Waals surface area contributed by atoms with E-state index in [1.165, 1.54) is 6.33 Å². The van der Waals surface area contributed by atoms with Crippen molar-refractivity contribution in [3.05, 3.63) is 54.6 Å². The zero-order chi connectivity index (χ0) is 29.1. The number of rotatable bonds is 9. The molecule has 7 atom stereocenters. The normalized spacial score (nSPS) is 29.1. The number of anilines is 1. The number of benzene rings is 1. The number of amides is 2. The van der Waals surface area contributed by atoms with Crippen molar-refractivity contribution in [2.45, 2.75) is 76.4 Å². The van der Waals surface area contributed by atoms with Crippen LogP contribution in [-0.2, 0) is 14.3 Å². The van der Waals surface area contributed by atoms with E-state index in [0.29, 0.717) is 23.5 Å². The van der Waals surface area contributed by atoms with Crippen LogP contribution in [0.4, 0.5) is 10.6 Å². The molecule has 42 heavy (non-hydrogen) atoms. The number of imidazole rings is 1. The third-order valence-electron chi connectivity index (χ3n) is 8.96. The van der Waals surface area contributed by atoms with Crippen LogP contribution in [-0.4, -0.2) is 61.7 Å². The molecule has 2 aliphatic carbocycles. The molecule has 11 nitrogen and oxygen atoms in total. The van der Waals surface area contributed by atoms with E-state index < -0.39 is 12.3 Å². The van der Waals surface area contributed by atoms with E-state index in [1.54, 1.807) is 6.33 Å². The Bertz CT molecular complexity index is 1430. The molecule has 11 heteroatoms. The first-order valence-corrected chi connectivity index (χ1v) is 15.0. The monoisotopic (exact) mass is 574 g/mol. The molecule has 3 aromatic rings. The molecule has 0 spiro atoms. The summed E-state index contributed by atoms with van der Waals surface area (Å²) in [6.45, 7) is 2.34. The Kier molecular flexibility index (Phi) is 8.48. The minimum absolute atomic E-state index is 0.0889. The number of nitrogens with zero attached hydrogens (tertiary/aromatic N) is 4. The van der Waals surface area contributed by atoms with E-state index in [1.807, 2.05) is 54.0 Å². The molecular weight excluding hydrogens is 536 g/mol. The van der Waals surface area contributed by atoms with Crippen LogP contribution in [0.3, 0.4) is 0 Å². The van der Waals surface area contributed by atoms with Gasteiger partial charge in [0.15, 0.2) is 23.3 Å². The van der Waals surface area contributed by atoms with E-state index in [2.05, 4.69) is 25.6 Å². The number of ether oxygens (including phenoxy) is 2. The second-order valence-corrected chi connectivity index (χ2v) is 11.5. The summed E-state index contributed by atoms with van der Waals surface area (Å²) in [7, 11) is 0. The number of hydrogen-bond acceptors (Lipinski definition) is 7. The van der Waals surface area contributed by atoms with Crippen LogP contribution in [0.15, 0.2) is 49.1 Å². The molecule has 222 valence electrons. The van der Waals surface area contributed by atoms with Gasteiger partial charge in [-0.05, 0) is 62.5 Å². The third kappa shape index (κ3) is 5.89. The summed E-state index contributed by atoms with van der Waals surface area (Å²) >= 11 is 0. The smallest absolute Gasteiger partial charge is 0.320 e. The Morgan fingerprint density at radius 2 is 1.83 bits per heavy atom. The van der Waals surface area contributed by atoms with Gasteiger partial charge in [0.25, 0.3) is 0 Å². The van der Waals surface area contributed by atoms with Crippen LogP contribution in [0.2, 0.25) is 0 Å². The molecule has 2 saturated carbocycles. The molecule has 1 aliphatic heterocycles. The molecule has 6 unspecified atom stereocenters. The molecular formula is C31H38N6O5. The van der Waals surface area contributed by atoms with E-state index in [9.17, 15) is 14.7 Å². The number of nitrogens with one attached hydrogen (secondary N) is 2. The fourth-order valence-electron chi connectivity index (χ4n) is 6.97. The lowest BCUT2D eigenvalue weighted by atomic mass is 9.75. The SMILES string of the molecule is CCNC(=O)Nc1ncnc2c1ncn2C1CC(CCC2CCCCC2C(=O)O)C2O[C@H](/C=C/c3ccccc3)OC21. The number of carbonyl (C=O) groups is 2. The number of carbonyl (C=O) groups excluding carboxylic acids is 1. The molecule has 1 aromatic carbocycles. The Morgan fingerprint density at radius 3 is 2.64 bits per heavy atom. The van der Waals surface area contributed by atoms with Gasteiger partial charge in [-0.3, -0.25) is 10.1 Å². The lowest BCUT2D eigenvalue weighted by molar-refractivity contribution is -0.145. The minimum atomic E-state index is -0.671. The zero-order valence-corrected chi connectivity index (χ0v) is 23.8. The lowest BCUT2D eigenvalue weighted by Crippen LogP contribution is -2.29. The number of carboxylic acid groups (broad SMARTS) is 1. The van der Waals surface area contributed by atoms with Gasteiger partial charge in [0.1, 0.15) is 12.4 Å². The maximum absolute atomic E-state index is 12.2.